The lowest BCUT2D eigenvalue weighted by Crippen LogP contribution is -2.22. The molecule has 3 heterocycles. The van der Waals surface area contributed by atoms with Crippen molar-refractivity contribution in [3.05, 3.63) is 100 Å². The maximum absolute atomic E-state index is 13.2. The van der Waals surface area contributed by atoms with Crippen LogP contribution in [0.25, 0.3) is 16.4 Å². The number of benzene rings is 2. The van der Waals surface area contributed by atoms with Gasteiger partial charge in [0, 0.05) is 17.1 Å². The van der Waals surface area contributed by atoms with Crippen LogP contribution in [0.1, 0.15) is 27.3 Å². The van der Waals surface area contributed by atoms with Gasteiger partial charge >= 0.3 is 0 Å². The van der Waals surface area contributed by atoms with Gasteiger partial charge in [0.2, 0.25) is 0 Å². The van der Waals surface area contributed by atoms with Gasteiger partial charge in [-0.05, 0) is 65.8 Å². The normalized spacial score (nSPS) is 11.2. The third-order valence-corrected chi connectivity index (χ3v) is 6.38. The molecule has 2 aromatic carbocycles. The van der Waals surface area contributed by atoms with Gasteiger partial charge in [-0.25, -0.2) is 0 Å². The van der Waals surface area contributed by atoms with Crippen LogP contribution in [0.5, 0.6) is 0 Å². The minimum absolute atomic E-state index is 0.374. The molecule has 5 aromatic rings. The second kappa shape index (κ2) is 8.22. The Kier molecular flexibility index (Phi) is 5.25. The molecule has 0 atom stereocenters. The summed E-state index contributed by atoms with van der Waals surface area (Å²) in [6.45, 7) is 1.84. The Morgan fingerprint density at radius 2 is 1.78 bits per heavy atom. The van der Waals surface area contributed by atoms with E-state index < -0.39 is 11.7 Å². The van der Waals surface area contributed by atoms with Crippen LogP contribution < -0.4 is 5.32 Å². The number of rotatable bonds is 5. The first-order chi connectivity index (χ1) is 15.5. The van der Waals surface area contributed by atoms with Crippen molar-refractivity contribution in [1.29, 1.82) is 0 Å². The Labute approximate surface area is 193 Å². The number of para-hydroxylation sites is 1. The van der Waals surface area contributed by atoms with Crippen LogP contribution >= 0.6 is 23.1 Å². The zero-order valence-corrected chi connectivity index (χ0v) is 18.7. The number of hydrogen-bond donors (Lipinski definition) is 1. The fraction of sp³-hybridized carbons (Fsp3) is 0.0800. The molecular weight excluding hydrogens is 442 g/mol. The van der Waals surface area contributed by atoms with Crippen LogP contribution in [-0.2, 0) is 11.2 Å². The Morgan fingerprint density at radius 3 is 2.53 bits per heavy atom. The minimum Gasteiger partial charge on any atom is -0.313 e. The summed E-state index contributed by atoms with van der Waals surface area (Å²) in [5.41, 5.74) is 4.83. The Morgan fingerprint density at radius 1 is 1.00 bits per heavy atom. The highest BCUT2D eigenvalue weighted by Crippen LogP contribution is 2.27. The number of amides is 1. The number of Topliss-reactive ketones (excluding diaryl/α,β-unsaturated/α-hetero) is 1. The average molecular weight is 460 g/mol. The van der Waals surface area contributed by atoms with Gasteiger partial charge in [-0.1, -0.05) is 48.0 Å². The quantitative estimate of drug-likeness (QED) is 0.262. The van der Waals surface area contributed by atoms with E-state index in [0.717, 1.165) is 39.4 Å². The number of halogens is 1. The van der Waals surface area contributed by atoms with E-state index in [-0.39, 0.29) is 0 Å². The van der Waals surface area contributed by atoms with E-state index in [1.807, 2.05) is 73.7 Å². The topological polar surface area (TPSA) is 63.5 Å². The molecule has 0 aliphatic heterocycles. The number of aryl methyl sites for hydroxylation is 1. The summed E-state index contributed by atoms with van der Waals surface area (Å²) in [5.74, 6) is -1.25. The van der Waals surface area contributed by atoms with Gasteiger partial charge in [0.1, 0.15) is 5.00 Å². The summed E-state index contributed by atoms with van der Waals surface area (Å²) in [6, 6.07) is 23.0. The number of anilines is 1. The molecule has 32 heavy (non-hydrogen) atoms. The van der Waals surface area contributed by atoms with Crippen molar-refractivity contribution in [2.75, 3.05) is 5.32 Å². The van der Waals surface area contributed by atoms with E-state index in [1.165, 1.54) is 0 Å². The molecule has 0 radical (unpaired) electrons. The van der Waals surface area contributed by atoms with Gasteiger partial charge in [-0.3, -0.25) is 9.59 Å². The van der Waals surface area contributed by atoms with Crippen LogP contribution in [-0.4, -0.2) is 20.5 Å². The molecule has 0 spiro atoms. The third-order valence-electron chi connectivity index (χ3n) is 5.33. The summed E-state index contributed by atoms with van der Waals surface area (Å²) in [4.78, 5) is 25.9. The maximum atomic E-state index is 13.2. The fourth-order valence-corrected chi connectivity index (χ4v) is 4.65. The van der Waals surface area contributed by atoms with Crippen LogP contribution in [0.3, 0.4) is 0 Å². The molecule has 0 saturated heterocycles. The molecule has 1 amide bonds. The van der Waals surface area contributed by atoms with Crippen molar-refractivity contribution < 1.29 is 9.59 Å². The number of nitrogens with one attached hydrogen (secondary N) is 1. The summed E-state index contributed by atoms with van der Waals surface area (Å²) in [7, 11) is 0. The molecule has 0 unspecified atom stereocenters. The number of hydrogen-bond acceptors (Lipinski definition) is 4. The number of fused-ring (bicyclic) bond motifs is 3. The maximum Gasteiger partial charge on any atom is 0.297 e. The number of pyridine rings is 1. The first-order valence-corrected chi connectivity index (χ1v) is 11.2. The molecule has 5 nitrogen and oxygen atoms in total. The first kappa shape index (κ1) is 20.4. The van der Waals surface area contributed by atoms with Gasteiger partial charge in [0.05, 0.1) is 22.3 Å². The SMILES string of the molecule is Cc1cc(NC(=O)C(=O)c2cc(Cc3ccc(Cl)cc3)n3c2ccc2ccccc23)sn1. The van der Waals surface area contributed by atoms with Gasteiger partial charge in [0.25, 0.3) is 11.7 Å². The molecule has 0 bridgehead atoms. The highest BCUT2D eigenvalue weighted by molar-refractivity contribution is 7.10. The molecule has 1 N–H and O–H groups in total. The fourth-order valence-electron chi connectivity index (χ4n) is 3.87. The van der Waals surface area contributed by atoms with Crippen molar-refractivity contribution >= 4 is 56.2 Å². The van der Waals surface area contributed by atoms with E-state index >= 15 is 0 Å². The molecule has 0 saturated carbocycles. The smallest absolute Gasteiger partial charge is 0.297 e. The molecular formula is C25H18ClN3O2S. The van der Waals surface area contributed by atoms with Crippen molar-refractivity contribution in [2.45, 2.75) is 13.3 Å². The predicted octanol–water partition coefficient (Wildman–Crippen LogP) is 5.92. The lowest BCUT2D eigenvalue weighted by Gasteiger charge is -2.08. The van der Waals surface area contributed by atoms with Gasteiger partial charge in [-0.15, -0.1) is 0 Å². The summed E-state index contributed by atoms with van der Waals surface area (Å²) in [6.07, 6.45) is 0.593. The standard InChI is InChI=1S/C25H18ClN3O2S/c1-15-12-23(32-28-15)27-25(31)24(30)20-14-19(13-16-6-9-18(26)10-7-16)29-21-5-3-2-4-17(21)8-11-22(20)29/h2-12,14H,13H2,1H3,(H,27,31). The number of ketones is 1. The van der Waals surface area contributed by atoms with Gasteiger partial charge in [-0.2, -0.15) is 4.37 Å². The second-order valence-corrected chi connectivity index (χ2v) is 8.82. The van der Waals surface area contributed by atoms with E-state index in [1.54, 1.807) is 6.07 Å². The molecule has 158 valence electrons. The van der Waals surface area contributed by atoms with Crippen molar-refractivity contribution in [2.24, 2.45) is 0 Å². The van der Waals surface area contributed by atoms with Crippen LogP contribution in [0.4, 0.5) is 5.00 Å². The van der Waals surface area contributed by atoms with Crippen molar-refractivity contribution in [1.82, 2.24) is 8.77 Å². The molecule has 5 rings (SSSR count). The number of nitrogens with zero attached hydrogens (tertiary/aromatic N) is 2. The van der Waals surface area contributed by atoms with Crippen molar-refractivity contribution in [3.63, 3.8) is 0 Å². The number of carbonyl (C=O) groups is 2. The van der Waals surface area contributed by atoms with E-state index in [0.29, 0.717) is 27.5 Å². The highest BCUT2D eigenvalue weighted by Gasteiger charge is 2.23. The van der Waals surface area contributed by atoms with Crippen molar-refractivity contribution in [3.8, 4) is 0 Å². The third kappa shape index (κ3) is 3.79. The van der Waals surface area contributed by atoms with E-state index in [2.05, 4.69) is 14.1 Å². The average Bonchev–Trinajstić information content (AvgIpc) is 3.38. The summed E-state index contributed by atoms with van der Waals surface area (Å²) >= 11 is 7.19. The summed E-state index contributed by atoms with van der Waals surface area (Å²) < 4.78 is 6.20. The lowest BCUT2D eigenvalue weighted by molar-refractivity contribution is -0.112. The van der Waals surface area contributed by atoms with Gasteiger partial charge in [0.15, 0.2) is 0 Å². The van der Waals surface area contributed by atoms with Gasteiger partial charge < -0.3 is 9.72 Å². The zero-order chi connectivity index (χ0) is 22.2. The highest BCUT2D eigenvalue weighted by atomic mass is 35.5. The Bertz CT molecular complexity index is 1480. The minimum atomic E-state index is -0.674. The van der Waals surface area contributed by atoms with E-state index in [9.17, 15) is 9.59 Å². The number of carbonyl (C=O) groups excluding carboxylic acids is 2. The Balaban J connectivity index is 1.61. The predicted molar refractivity (Wildman–Crippen MR) is 129 cm³/mol. The summed E-state index contributed by atoms with van der Waals surface area (Å²) in [5, 5.41) is 4.95. The molecule has 0 aliphatic rings. The van der Waals surface area contributed by atoms with Crippen LogP contribution in [0.15, 0.2) is 72.8 Å². The molecule has 0 aliphatic carbocycles. The lowest BCUT2D eigenvalue weighted by atomic mass is 10.1. The zero-order valence-electron chi connectivity index (χ0n) is 17.1. The largest absolute Gasteiger partial charge is 0.313 e. The monoisotopic (exact) mass is 459 g/mol. The molecule has 0 fully saturated rings. The Hall–Kier alpha value is -3.48. The molecule has 3 aromatic heterocycles. The van der Waals surface area contributed by atoms with E-state index in [4.69, 9.17) is 11.6 Å². The van der Waals surface area contributed by atoms with Crippen LogP contribution in [0, 0.1) is 6.92 Å². The molecule has 7 heteroatoms. The van der Waals surface area contributed by atoms with Crippen LogP contribution in [0.2, 0.25) is 5.02 Å². The second-order valence-electron chi connectivity index (χ2n) is 7.58. The first-order valence-electron chi connectivity index (χ1n) is 10.0. The number of aromatic nitrogens is 2.